The normalized spacial score (nSPS) is 13.6. The maximum absolute atomic E-state index is 12.7. The van der Waals surface area contributed by atoms with Crippen molar-refractivity contribution in [1.29, 1.82) is 0 Å². The maximum atomic E-state index is 12.7. The minimum absolute atomic E-state index is 0.0583. The number of hydrogen-bond acceptors (Lipinski definition) is 4. The number of hydrogen-bond donors (Lipinski definition) is 1. The summed E-state index contributed by atoms with van der Waals surface area (Å²) in [4.78, 5) is 30.5. The number of carbonyl (C=O) groups is 2. The van der Waals surface area contributed by atoms with E-state index in [4.69, 9.17) is 0 Å². The molecule has 1 aliphatic carbocycles. The highest BCUT2D eigenvalue weighted by atomic mass is 32.1. The van der Waals surface area contributed by atoms with Crippen molar-refractivity contribution in [2.24, 2.45) is 5.92 Å². The highest BCUT2D eigenvalue weighted by Gasteiger charge is 2.28. The van der Waals surface area contributed by atoms with E-state index in [1.165, 1.54) is 11.3 Å². The average molecular weight is 329 g/mol. The van der Waals surface area contributed by atoms with Crippen molar-refractivity contribution in [3.05, 3.63) is 47.0 Å². The molecule has 1 fully saturated rings. The summed E-state index contributed by atoms with van der Waals surface area (Å²) >= 11 is 1.36. The number of amides is 2. The molecule has 1 heterocycles. The fourth-order valence-electron chi connectivity index (χ4n) is 2.33. The molecule has 0 atom stereocenters. The van der Waals surface area contributed by atoms with Gasteiger partial charge in [0, 0.05) is 23.7 Å². The molecule has 0 radical (unpaired) electrons. The van der Waals surface area contributed by atoms with Gasteiger partial charge in [-0.05, 0) is 37.8 Å². The van der Waals surface area contributed by atoms with E-state index in [0.29, 0.717) is 23.2 Å². The van der Waals surface area contributed by atoms with E-state index in [0.717, 1.165) is 18.4 Å². The first-order valence-electron chi connectivity index (χ1n) is 7.67. The lowest BCUT2D eigenvalue weighted by molar-refractivity contribution is -0.116. The van der Waals surface area contributed by atoms with Crippen molar-refractivity contribution in [3.8, 4) is 0 Å². The van der Waals surface area contributed by atoms with Crippen molar-refractivity contribution in [1.82, 2.24) is 9.88 Å². The first-order valence-corrected chi connectivity index (χ1v) is 8.55. The third-order valence-corrected chi connectivity index (χ3v) is 4.46. The van der Waals surface area contributed by atoms with Crippen molar-refractivity contribution in [2.75, 3.05) is 18.4 Å². The Balaban J connectivity index is 1.67. The SMILES string of the molecule is Cc1ccc(C(=O)N(CC(=O)Nc2nccs2)CC2CC2)cc1. The van der Waals surface area contributed by atoms with Gasteiger partial charge >= 0.3 is 0 Å². The summed E-state index contributed by atoms with van der Waals surface area (Å²) < 4.78 is 0. The van der Waals surface area contributed by atoms with Crippen LogP contribution in [0.5, 0.6) is 0 Å². The number of aryl methyl sites for hydroxylation is 1. The Kier molecular flexibility index (Phi) is 4.71. The summed E-state index contributed by atoms with van der Waals surface area (Å²) in [5, 5.41) is 5.10. The first kappa shape index (κ1) is 15.7. The zero-order valence-corrected chi connectivity index (χ0v) is 13.8. The molecule has 0 aliphatic heterocycles. The van der Waals surface area contributed by atoms with Crippen LogP contribution in [-0.4, -0.2) is 34.8 Å². The van der Waals surface area contributed by atoms with Gasteiger partial charge in [-0.3, -0.25) is 9.59 Å². The Bertz CT molecular complexity index is 678. The predicted octanol–water partition coefficient (Wildman–Crippen LogP) is 2.94. The second kappa shape index (κ2) is 6.91. The second-order valence-electron chi connectivity index (χ2n) is 5.88. The zero-order chi connectivity index (χ0) is 16.2. The molecule has 0 saturated heterocycles. The Morgan fingerprint density at radius 1 is 1.30 bits per heavy atom. The molecular formula is C17H19N3O2S. The van der Waals surface area contributed by atoms with Crippen molar-refractivity contribution in [2.45, 2.75) is 19.8 Å². The van der Waals surface area contributed by atoms with Crippen LogP contribution in [0.3, 0.4) is 0 Å². The molecule has 2 amide bonds. The number of carbonyl (C=O) groups excluding carboxylic acids is 2. The molecule has 23 heavy (non-hydrogen) atoms. The van der Waals surface area contributed by atoms with Crippen LogP contribution in [0.25, 0.3) is 0 Å². The maximum Gasteiger partial charge on any atom is 0.254 e. The van der Waals surface area contributed by atoms with Crippen LogP contribution in [0.1, 0.15) is 28.8 Å². The molecule has 1 aromatic carbocycles. The highest BCUT2D eigenvalue weighted by Crippen LogP contribution is 2.30. The number of nitrogens with one attached hydrogen (secondary N) is 1. The lowest BCUT2D eigenvalue weighted by atomic mass is 10.1. The molecule has 0 bridgehead atoms. The summed E-state index contributed by atoms with van der Waals surface area (Å²) in [6, 6.07) is 7.46. The minimum atomic E-state index is -0.207. The third-order valence-electron chi connectivity index (χ3n) is 3.77. The lowest BCUT2D eigenvalue weighted by Gasteiger charge is -2.22. The van der Waals surface area contributed by atoms with Crippen LogP contribution in [-0.2, 0) is 4.79 Å². The van der Waals surface area contributed by atoms with E-state index < -0.39 is 0 Å². The van der Waals surface area contributed by atoms with Gasteiger partial charge in [-0.25, -0.2) is 4.98 Å². The van der Waals surface area contributed by atoms with E-state index in [9.17, 15) is 9.59 Å². The van der Waals surface area contributed by atoms with E-state index in [1.54, 1.807) is 16.5 Å². The fourth-order valence-corrected chi connectivity index (χ4v) is 2.87. The molecule has 0 spiro atoms. The van der Waals surface area contributed by atoms with E-state index >= 15 is 0 Å². The Labute approximate surface area is 139 Å². The third kappa shape index (κ3) is 4.39. The van der Waals surface area contributed by atoms with E-state index in [-0.39, 0.29) is 18.4 Å². The summed E-state index contributed by atoms with van der Waals surface area (Å²) in [6.07, 6.45) is 3.90. The molecule has 3 rings (SSSR count). The van der Waals surface area contributed by atoms with Gasteiger partial charge in [-0.1, -0.05) is 17.7 Å². The molecule has 1 N–H and O–H groups in total. The molecule has 1 aliphatic rings. The number of anilines is 1. The number of benzene rings is 1. The lowest BCUT2D eigenvalue weighted by Crippen LogP contribution is -2.39. The van der Waals surface area contributed by atoms with Crippen molar-refractivity contribution in [3.63, 3.8) is 0 Å². The van der Waals surface area contributed by atoms with Crippen LogP contribution in [0.2, 0.25) is 0 Å². The number of nitrogens with zero attached hydrogens (tertiary/aromatic N) is 2. The number of rotatable bonds is 6. The zero-order valence-electron chi connectivity index (χ0n) is 13.0. The predicted molar refractivity (Wildman–Crippen MR) is 90.6 cm³/mol. The molecule has 2 aromatic rings. The molecular weight excluding hydrogens is 310 g/mol. The number of aromatic nitrogens is 1. The quantitative estimate of drug-likeness (QED) is 0.886. The van der Waals surface area contributed by atoms with Gasteiger partial charge in [-0.15, -0.1) is 11.3 Å². The Morgan fingerprint density at radius 3 is 2.65 bits per heavy atom. The smallest absolute Gasteiger partial charge is 0.254 e. The monoisotopic (exact) mass is 329 g/mol. The van der Waals surface area contributed by atoms with Gasteiger partial charge in [0.2, 0.25) is 5.91 Å². The van der Waals surface area contributed by atoms with Crippen molar-refractivity contribution < 1.29 is 9.59 Å². The number of thiazole rings is 1. The van der Waals surface area contributed by atoms with Crippen molar-refractivity contribution >= 4 is 28.3 Å². The molecule has 5 nitrogen and oxygen atoms in total. The van der Waals surface area contributed by atoms with Gasteiger partial charge in [0.25, 0.3) is 5.91 Å². The largest absolute Gasteiger partial charge is 0.329 e. The summed E-state index contributed by atoms with van der Waals surface area (Å²) in [7, 11) is 0. The molecule has 6 heteroatoms. The van der Waals surface area contributed by atoms with Gasteiger partial charge in [0.15, 0.2) is 5.13 Å². The van der Waals surface area contributed by atoms with Gasteiger partial charge in [-0.2, -0.15) is 0 Å². The molecule has 1 aromatic heterocycles. The van der Waals surface area contributed by atoms with Gasteiger partial charge < -0.3 is 10.2 Å². The minimum Gasteiger partial charge on any atom is -0.329 e. The molecule has 1 saturated carbocycles. The summed E-state index contributed by atoms with van der Waals surface area (Å²) in [5.41, 5.74) is 1.73. The van der Waals surface area contributed by atoms with Crippen LogP contribution in [0, 0.1) is 12.8 Å². The summed E-state index contributed by atoms with van der Waals surface area (Å²) in [5.74, 6) is 0.226. The van der Waals surface area contributed by atoms with Crippen LogP contribution in [0.4, 0.5) is 5.13 Å². The van der Waals surface area contributed by atoms with E-state index in [1.807, 2.05) is 31.2 Å². The average Bonchev–Trinajstić information content (AvgIpc) is 3.21. The van der Waals surface area contributed by atoms with Gasteiger partial charge in [0.05, 0.1) is 0 Å². The van der Waals surface area contributed by atoms with Crippen LogP contribution < -0.4 is 5.32 Å². The highest BCUT2D eigenvalue weighted by molar-refractivity contribution is 7.13. The van der Waals surface area contributed by atoms with Crippen LogP contribution >= 0.6 is 11.3 Å². The molecule has 0 unspecified atom stereocenters. The molecule has 120 valence electrons. The fraction of sp³-hybridized carbons (Fsp3) is 0.353. The van der Waals surface area contributed by atoms with Crippen LogP contribution in [0.15, 0.2) is 35.8 Å². The summed E-state index contributed by atoms with van der Waals surface area (Å²) in [6.45, 7) is 2.68. The topological polar surface area (TPSA) is 62.3 Å². The first-order chi connectivity index (χ1) is 11.1. The Morgan fingerprint density at radius 2 is 2.04 bits per heavy atom. The Hall–Kier alpha value is -2.21. The van der Waals surface area contributed by atoms with Gasteiger partial charge in [0.1, 0.15) is 6.54 Å². The standard InChI is InChI=1S/C17H19N3O2S/c1-12-2-6-14(7-3-12)16(22)20(10-13-4-5-13)11-15(21)19-17-18-8-9-23-17/h2-3,6-9,13H,4-5,10-11H2,1H3,(H,18,19,21). The van der Waals surface area contributed by atoms with E-state index in [2.05, 4.69) is 10.3 Å². The second-order valence-corrected chi connectivity index (χ2v) is 6.78.